The number of carbonyl (C=O) groups is 1. The second-order valence-electron chi connectivity index (χ2n) is 9.24. The second-order valence-corrected chi connectivity index (χ2v) is 9.24. The first-order valence-corrected chi connectivity index (χ1v) is 10.3. The number of ether oxygens (including phenoxy) is 1. The fourth-order valence-corrected chi connectivity index (χ4v) is 4.22. The number of halogens is 1. The quantitative estimate of drug-likeness (QED) is 0.349. The van der Waals surface area contributed by atoms with Crippen molar-refractivity contribution in [2.24, 2.45) is 16.3 Å². The van der Waals surface area contributed by atoms with E-state index in [1.165, 1.54) is 32.1 Å². The number of nitrogens with one attached hydrogen (secondary N) is 2. The van der Waals surface area contributed by atoms with Crippen molar-refractivity contribution in [2.75, 3.05) is 26.2 Å². The number of aliphatic imine (C=N–C) groups is 1. The van der Waals surface area contributed by atoms with Crippen molar-refractivity contribution in [1.82, 2.24) is 15.5 Å². The molecule has 0 bridgehead atoms. The molecule has 0 unspecified atom stereocenters. The SMILES string of the molecule is CCNC(=NCC1(C2CC2)CCC1)N1CC[C@@H](NC(=O)OC(C)(C)C)C1.I. The zero-order chi connectivity index (χ0) is 18.8. The number of likely N-dealkylation sites (tertiary alicyclic amines) is 1. The third-order valence-electron chi connectivity index (χ3n) is 5.88. The van der Waals surface area contributed by atoms with Crippen LogP contribution in [-0.2, 0) is 4.74 Å². The fourth-order valence-electron chi connectivity index (χ4n) is 4.22. The van der Waals surface area contributed by atoms with Gasteiger partial charge in [0.15, 0.2) is 5.96 Å². The Bertz CT molecular complexity index is 539. The lowest BCUT2D eigenvalue weighted by Gasteiger charge is -2.41. The summed E-state index contributed by atoms with van der Waals surface area (Å²) in [5.41, 5.74) is 0.0349. The Labute approximate surface area is 181 Å². The van der Waals surface area contributed by atoms with Gasteiger partial charge in [-0.2, -0.15) is 0 Å². The van der Waals surface area contributed by atoms with Gasteiger partial charge < -0.3 is 20.3 Å². The molecule has 3 aliphatic rings. The summed E-state index contributed by atoms with van der Waals surface area (Å²) in [6.07, 6.45) is 7.47. The van der Waals surface area contributed by atoms with Gasteiger partial charge in [-0.05, 0) is 71.1 Å². The third-order valence-corrected chi connectivity index (χ3v) is 5.88. The lowest BCUT2D eigenvalue weighted by Crippen LogP contribution is -2.45. The van der Waals surface area contributed by atoms with E-state index in [1.54, 1.807) is 0 Å². The Hall–Kier alpha value is -0.730. The Morgan fingerprint density at radius 1 is 1.26 bits per heavy atom. The van der Waals surface area contributed by atoms with Crippen LogP contribution in [0.15, 0.2) is 4.99 Å². The van der Waals surface area contributed by atoms with Gasteiger partial charge in [-0.15, -0.1) is 24.0 Å². The van der Waals surface area contributed by atoms with Gasteiger partial charge in [-0.1, -0.05) is 6.42 Å². The molecule has 0 spiro atoms. The highest BCUT2D eigenvalue weighted by molar-refractivity contribution is 14.0. The van der Waals surface area contributed by atoms with Gasteiger partial charge in [0, 0.05) is 26.2 Å². The molecular weight excluding hydrogens is 455 g/mol. The van der Waals surface area contributed by atoms with E-state index in [0.29, 0.717) is 5.41 Å². The lowest BCUT2D eigenvalue weighted by atomic mass is 9.65. The van der Waals surface area contributed by atoms with Crippen LogP contribution in [0.3, 0.4) is 0 Å². The van der Waals surface area contributed by atoms with E-state index in [-0.39, 0.29) is 36.1 Å². The molecule has 27 heavy (non-hydrogen) atoms. The van der Waals surface area contributed by atoms with Crippen molar-refractivity contribution < 1.29 is 9.53 Å². The minimum absolute atomic E-state index is 0. The van der Waals surface area contributed by atoms with Gasteiger partial charge in [-0.25, -0.2) is 4.79 Å². The zero-order valence-electron chi connectivity index (χ0n) is 17.3. The van der Waals surface area contributed by atoms with Crippen molar-refractivity contribution in [1.29, 1.82) is 0 Å². The maximum Gasteiger partial charge on any atom is 0.407 e. The fraction of sp³-hybridized carbons (Fsp3) is 0.900. The molecule has 1 heterocycles. The van der Waals surface area contributed by atoms with E-state index in [2.05, 4.69) is 22.5 Å². The number of guanidine groups is 1. The van der Waals surface area contributed by atoms with Crippen LogP contribution in [0.4, 0.5) is 4.79 Å². The number of amides is 1. The standard InChI is InChI=1S/C20H36N4O2.HI/c1-5-21-17(22-14-20(10-6-11-20)15-7-8-15)24-12-9-16(13-24)23-18(25)26-19(2,3)4;/h15-16H,5-14H2,1-4H3,(H,21,22)(H,23,25);1H/t16-;/m1./s1. The van der Waals surface area contributed by atoms with Crippen LogP contribution in [0.2, 0.25) is 0 Å². The highest BCUT2D eigenvalue weighted by Crippen LogP contribution is 2.57. The maximum atomic E-state index is 12.0. The summed E-state index contributed by atoms with van der Waals surface area (Å²) in [6.45, 7) is 11.3. The Balaban J connectivity index is 0.00000261. The largest absolute Gasteiger partial charge is 0.444 e. The van der Waals surface area contributed by atoms with Gasteiger partial charge in [0.25, 0.3) is 0 Å². The molecule has 1 saturated heterocycles. The molecule has 1 aliphatic heterocycles. The Kier molecular flexibility index (Phi) is 7.67. The van der Waals surface area contributed by atoms with Gasteiger partial charge in [-0.3, -0.25) is 4.99 Å². The first-order valence-electron chi connectivity index (χ1n) is 10.3. The number of carbonyl (C=O) groups excluding carboxylic acids is 1. The minimum atomic E-state index is -0.460. The molecule has 0 radical (unpaired) electrons. The van der Waals surface area contributed by atoms with Crippen LogP contribution in [0, 0.1) is 11.3 Å². The molecule has 0 aromatic rings. The summed E-state index contributed by atoms with van der Waals surface area (Å²) in [4.78, 5) is 19.3. The normalized spacial score (nSPS) is 24.7. The highest BCUT2D eigenvalue weighted by atomic mass is 127. The summed E-state index contributed by atoms with van der Waals surface area (Å²) in [6, 6.07) is 0.120. The molecule has 2 saturated carbocycles. The van der Waals surface area contributed by atoms with E-state index < -0.39 is 5.60 Å². The van der Waals surface area contributed by atoms with Gasteiger partial charge in [0.05, 0.1) is 6.04 Å². The molecule has 3 fully saturated rings. The number of alkyl carbamates (subject to hydrolysis) is 1. The summed E-state index contributed by atoms with van der Waals surface area (Å²) < 4.78 is 5.38. The molecule has 3 rings (SSSR count). The molecule has 156 valence electrons. The topological polar surface area (TPSA) is 66.0 Å². The average Bonchev–Trinajstić information content (AvgIpc) is 3.23. The predicted molar refractivity (Wildman–Crippen MR) is 120 cm³/mol. The van der Waals surface area contributed by atoms with E-state index in [4.69, 9.17) is 9.73 Å². The molecular formula is C20H37IN4O2. The molecule has 1 amide bonds. The van der Waals surface area contributed by atoms with Gasteiger partial charge in [0.1, 0.15) is 5.60 Å². The van der Waals surface area contributed by atoms with Crippen molar-refractivity contribution in [3.05, 3.63) is 0 Å². The monoisotopic (exact) mass is 492 g/mol. The molecule has 6 nitrogen and oxygen atoms in total. The van der Waals surface area contributed by atoms with Crippen molar-refractivity contribution in [3.8, 4) is 0 Å². The van der Waals surface area contributed by atoms with Crippen molar-refractivity contribution in [3.63, 3.8) is 0 Å². The molecule has 2 aliphatic carbocycles. The van der Waals surface area contributed by atoms with E-state index >= 15 is 0 Å². The van der Waals surface area contributed by atoms with Crippen LogP contribution in [0.25, 0.3) is 0 Å². The van der Waals surface area contributed by atoms with Crippen LogP contribution in [0.5, 0.6) is 0 Å². The van der Waals surface area contributed by atoms with Crippen molar-refractivity contribution >= 4 is 36.0 Å². The highest BCUT2D eigenvalue weighted by Gasteiger charge is 2.48. The number of nitrogens with zero attached hydrogens (tertiary/aromatic N) is 2. The number of rotatable bonds is 5. The first kappa shape index (κ1) is 22.6. The summed E-state index contributed by atoms with van der Waals surface area (Å²) >= 11 is 0. The van der Waals surface area contributed by atoms with Crippen LogP contribution in [-0.4, -0.2) is 54.8 Å². The van der Waals surface area contributed by atoms with Crippen molar-refractivity contribution in [2.45, 2.75) is 77.9 Å². The number of hydrogen-bond donors (Lipinski definition) is 2. The number of hydrogen-bond acceptors (Lipinski definition) is 3. The molecule has 1 atom stereocenters. The Morgan fingerprint density at radius 2 is 1.96 bits per heavy atom. The lowest BCUT2D eigenvalue weighted by molar-refractivity contribution is 0.0507. The van der Waals surface area contributed by atoms with E-state index in [0.717, 1.165) is 44.5 Å². The maximum absolute atomic E-state index is 12.0. The molecule has 0 aromatic heterocycles. The van der Waals surface area contributed by atoms with E-state index in [1.807, 2.05) is 20.8 Å². The average molecular weight is 492 g/mol. The van der Waals surface area contributed by atoms with Gasteiger partial charge >= 0.3 is 6.09 Å². The summed E-state index contributed by atoms with van der Waals surface area (Å²) in [7, 11) is 0. The zero-order valence-corrected chi connectivity index (χ0v) is 19.7. The predicted octanol–water partition coefficient (Wildman–Crippen LogP) is 3.75. The first-order chi connectivity index (χ1) is 12.3. The van der Waals surface area contributed by atoms with Crippen LogP contribution in [0.1, 0.15) is 66.2 Å². The molecule has 0 aromatic carbocycles. The van der Waals surface area contributed by atoms with E-state index in [9.17, 15) is 4.79 Å². The Morgan fingerprint density at radius 3 is 2.48 bits per heavy atom. The molecule has 2 N–H and O–H groups in total. The second kappa shape index (κ2) is 9.18. The van der Waals surface area contributed by atoms with Crippen LogP contribution < -0.4 is 10.6 Å². The summed E-state index contributed by atoms with van der Waals surface area (Å²) in [5.74, 6) is 1.93. The smallest absolute Gasteiger partial charge is 0.407 e. The molecule has 7 heteroatoms. The summed E-state index contributed by atoms with van der Waals surface area (Å²) in [5, 5.41) is 6.45. The van der Waals surface area contributed by atoms with Crippen LogP contribution >= 0.6 is 24.0 Å². The minimum Gasteiger partial charge on any atom is -0.444 e. The third kappa shape index (κ3) is 6.12. The van der Waals surface area contributed by atoms with Gasteiger partial charge in [0.2, 0.25) is 0 Å².